The zero-order valence-corrected chi connectivity index (χ0v) is 11.1. The second-order valence-electron chi connectivity index (χ2n) is 4.46. The van der Waals surface area contributed by atoms with Crippen molar-refractivity contribution in [3.05, 3.63) is 29.8 Å². The molecule has 0 saturated heterocycles. The second kappa shape index (κ2) is 6.12. The van der Waals surface area contributed by atoms with Crippen LogP contribution in [0.4, 0.5) is 15.3 Å². The molecule has 0 bridgehead atoms. The Bertz CT molecular complexity index is 575. The molecule has 8 nitrogen and oxygen atoms in total. The standard InChI is InChI=1S/C13H15N3O5/c14-12(19)21-6-5-15-13(20)16-9-4-2-1-3-8(9)7-10(16)11(17)18/h1-4,10H,5-7H2,(H2,14,19)(H,15,20)(H,17,18). The fraction of sp³-hybridized carbons (Fsp3) is 0.308. The maximum Gasteiger partial charge on any atom is 0.404 e. The molecule has 4 N–H and O–H groups in total. The molecule has 1 aliphatic rings. The van der Waals surface area contributed by atoms with Gasteiger partial charge in [-0.25, -0.2) is 14.4 Å². The monoisotopic (exact) mass is 293 g/mol. The van der Waals surface area contributed by atoms with Crippen molar-refractivity contribution < 1.29 is 24.2 Å². The van der Waals surface area contributed by atoms with Crippen LogP contribution in [-0.4, -0.2) is 42.4 Å². The number of para-hydroxylation sites is 1. The van der Waals surface area contributed by atoms with Gasteiger partial charge in [-0.1, -0.05) is 18.2 Å². The number of carbonyl (C=O) groups is 3. The zero-order valence-electron chi connectivity index (χ0n) is 11.1. The molecule has 0 aliphatic carbocycles. The Labute approximate surface area is 120 Å². The van der Waals surface area contributed by atoms with Gasteiger partial charge in [0.25, 0.3) is 0 Å². The van der Waals surface area contributed by atoms with Gasteiger partial charge in [-0.3, -0.25) is 4.90 Å². The van der Waals surface area contributed by atoms with Gasteiger partial charge < -0.3 is 20.9 Å². The summed E-state index contributed by atoms with van der Waals surface area (Å²) < 4.78 is 4.49. The van der Waals surface area contributed by atoms with Crippen LogP contribution < -0.4 is 16.0 Å². The number of anilines is 1. The lowest BCUT2D eigenvalue weighted by Gasteiger charge is -2.22. The summed E-state index contributed by atoms with van der Waals surface area (Å²) in [6, 6.07) is 5.51. The van der Waals surface area contributed by atoms with E-state index in [4.69, 9.17) is 5.73 Å². The van der Waals surface area contributed by atoms with Crippen molar-refractivity contribution in [1.82, 2.24) is 5.32 Å². The van der Waals surface area contributed by atoms with Gasteiger partial charge in [0.1, 0.15) is 12.6 Å². The Balaban J connectivity index is 2.06. The second-order valence-corrected chi connectivity index (χ2v) is 4.46. The maximum absolute atomic E-state index is 12.1. The van der Waals surface area contributed by atoms with Gasteiger partial charge in [-0.15, -0.1) is 0 Å². The van der Waals surface area contributed by atoms with Crippen molar-refractivity contribution >= 4 is 23.8 Å². The number of aliphatic carboxylic acids is 1. The number of rotatable bonds is 4. The Morgan fingerprint density at radius 1 is 1.38 bits per heavy atom. The molecular formula is C13H15N3O5. The van der Waals surface area contributed by atoms with Crippen molar-refractivity contribution in [1.29, 1.82) is 0 Å². The third-order valence-electron chi connectivity index (χ3n) is 3.10. The minimum atomic E-state index is -1.07. The largest absolute Gasteiger partial charge is 0.480 e. The number of amides is 3. The highest BCUT2D eigenvalue weighted by Gasteiger charge is 2.38. The van der Waals surface area contributed by atoms with Gasteiger partial charge in [0, 0.05) is 12.1 Å². The van der Waals surface area contributed by atoms with E-state index in [-0.39, 0.29) is 19.6 Å². The van der Waals surface area contributed by atoms with E-state index in [0.29, 0.717) is 5.69 Å². The summed E-state index contributed by atoms with van der Waals surface area (Å²) in [6.45, 7) is -0.0267. The quantitative estimate of drug-likeness (QED) is 0.689. The number of nitrogens with one attached hydrogen (secondary N) is 1. The SMILES string of the molecule is NC(=O)OCCNC(=O)N1c2ccccc2CC1C(=O)O. The van der Waals surface area contributed by atoms with E-state index < -0.39 is 24.1 Å². The highest BCUT2D eigenvalue weighted by atomic mass is 16.5. The Morgan fingerprint density at radius 3 is 2.76 bits per heavy atom. The normalized spacial score (nSPS) is 16.2. The summed E-state index contributed by atoms with van der Waals surface area (Å²) in [5.74, 6) is -1.07. The first-order chi connectivity index (χ1) is 10.0. The minimum Gasteiger partial charge on any atom is -0.480 e. The molecule has 1 atom stereocenters. The molecule has 2 rings (SSSR count). The van der Waals surface area contributed by atoms with Gasteiger partial charge in [0.15, 0.2) is 0 Å². The van der Waals surface area contributed by atoms with Gasteiger partial charge in [0.05, 0.1) is 6.54 Å². The number of nitrogens with two attached hydrogens (primary N) is 1. The molecular weight excluding hydrogens is 278 g/mol. The van der Waals surface area contributed by atoms with Gasteiger partial charge in [-0.2, -0.15) is 0 Å². The van der Waals surface area contributed by atoms with Crippen LogP contribution >= 0.6 is 0 Å². The number of hydrogen-bond donors (Lipinski definition) is 3. The fourth-order valence-corrected chi connectivity index (χ4v) is 2.23. The fourth-order valence-electron chi connectivity index (χ4n) is 2.23. The molecule has 1 aromatic carbocycles. The summed E-state index contributed by atoms with van der Waals surface area (Å²) >= 11 is 0. The highest BCUT2D eigenvalue weighted by Crippen LogP contribution is 2.32. The molecule has 1 heterocycles. The van der Waals surface area contributed by atoms with E-state index in [1.165, 1.54) is 4.90 Å². The number of primary amides is 1. The average Bonchev–Trinajstić information content (AvgIpc) is 2.83. The summed E-state index contributed by atoms with van der Waals surface area (Å²) in [5.41, 5.74) is 6.16. The number of nitrogens with zero attached hydrogens (tertiary/aromatic N) is 1. The highest BCUT2D eigenvalue weighted by molar-refractivity contribution is 6.01. The van der Waals surface area contributed by atoms with Crippen molar-refractivity contribution in [2.45, 2.75) is 12.5 Å². The summed E-state index contributed by atoms with van der Waals surface area (Å²) in [6.07, 6.45) is -0.671. The van der Waals surface area contributed by atoms with Gasteiger partial charge in [-0.05, 0) is 11.6 Å². The molecule has 1 aromatic rings. The molecule has 21 heavy (non-hydrogen) atoms. The number of carboxylic acids is 1. The number of ether oxygens (including phenoxy) is 1. The molecule has 1 unspecified atom stereocenters. The predicted molar refractivity (Wildman–Crippen MR) is 73.0 cm³/mol. The first-order valence-corrected chi connectivity index (χ1v) is 6.30. The van der Waals surface area contributed by atoms with E-state index in [2.05, 4.69) is 10.1 Å². The maximum atomic E-state index is 12.1. The third kappa shape index (κ3) is 3.22. The van der Waals surface area contributed by atoms with Crippen molar-refractivity contribution in [2.24, 2.45) is 5.73 Å². The first-order valence-electron chi connectivity index (χ1n) is 6.30. The van der Waals surface area contributed by atoms with Crippen molar-refractivity contribution in [3.63, 3.8) is 0 Å². The number of carboxylic acid groups (broad SMARTS) is 1. The third-order valence-corrected chi connectivity index (χ3v) is 3.10. The number of fused-ring (bicyclic) bond motifs is 1. The number of urea groups is 1. The molecule has 112 valence electrons. The Kier molecular flexibility index (Phi) is 4.27. The van der Waals surface area contributed by atoms with E-state index >= 15 is 0 Å². The van der Waals surface area contributed by atoms with Crippen LogP contribution in [0.1, 0.15) is 5.56 Å². The Morgan fingerprint density at radius 2 is 2.10 bits per heavy atom. The molecule has 8 heteroatoms. The van der Waals surface area contributed by atoms with Crippen molar-refractivity contribution in [2.75, 3.05) is 18.1 Å². The molecule has 3 amide bonds. The van der Waals surface area contributed by atoms with E-state index in [9.17, 15) is 19.5 Å². The van der Waals surface area contributed by atoms with Crippen LogP contribution in [0.25, 0.3) is 0 Å². The summed E-state index contributed by atoms with van der Waals surface area (Å²) in [4.78, 5) is 35.0. The van der Waals surface area contributed by atoms with E-state index in [1.54, 1.807) is 24.3 Å². The van der Waals surface area contributed by atoms with Crippen LogP contribution in [0.2, 0.25) is 0 Å². The zero-order chi connectivity index (χ0) is 15.4. The molecule has 0 spiro atoms. The van der Waals surface area contributed by atoms with Crippen LogP contribution in [0, 0.1) is 0 Å². The smallest absolute Gasteiger partial charge is 0.404 e. The number of carbonyl (C=O) groups excluding carboxylic acids is 2. The summed E-state index contributed by atoms with van der Waals surface area (Å²) in [5, 5.41) is 11.7. The molecule has 0 aromatic heterocycles. The number of hydrogen-bond acceptors (Lipinski definition) is 4. The number of benzene rings is 1. The van der Waals surface area contributed by atoms with Crippen molar-refractivity contribution in [3.8, 4) is 0 Å². The van der Waals surface area contributed by atoms with Gasteiger partial charge in [0.2, 0.25) is 0 Å². The topological polar surface area (TPSA) is 122 Å². The van der Waals surface area contributed by atoms with E-state index in [1.807, 2.05) is 0 Å². The van der Waals surface area contributed by atoms with E-state index in [0.717, 1.165) is 5.56 Å². The molecule has 1 aliphatic heterocycles. The lowest BCUT2D eigenvalue weighted by molar-refractivity contribution is -0.138. The van der Waals surface area contributed by atoms with Crippen LogP contribution in [0.15, 0.2) is 24.3 Å². The molecule has 0 fully saturated rings. The first kappa shape index (κ1) is 14.6. The lowest BCUT2D eigenvalue weighted by atomic mass is 10.1. The van der Waals surface area contributed by atoms with Crippen LogP contribution in [0.3, 0.4) is 0 Å². The average molecular weight is 293 g/mol. The van der Waals surface area contributed by atoms with Crippen LogP contribution in [0.5, 0.6) is 0 Å². The Hall–Kier alpha value is -2.77. The molecule has 0 radical (unpaired) electrons. The van der Waals surface area contributed by atoms with Gasteiger partial charge >= 0.3 is 18.1 Å². The lowest BCUT2D eigenvalue weighted by Crippen LogP contribution is -2.48. The molecule has 0 saturated carbocycles. The summed E-state index contributed by atoms with van der Waals surface area (Å²) in [7, 11) is 0. The van der Waals surface area contributed by atoms with Crippen LogP contribution in [-0.2, 0) is 16.0 Å². The minimum absolute atomic E-state index is 0.0484. The predicted octanol–water partition coefficient (Wildman–Crippen LogP) is 0.307.